The lowest BCUT2D eigenvalue weighted by Gasteiger charge is -2.20. The van der Waals surface area contributed by atoms with Crippen molar-refractivity contribution in [1.82, 2.24) is 15.5 Å². The van der Waals surface area contributed by atoms with Crippen LogP contribution in [0.1, 0.15) is 35.4 Å². The highest BCUT2D eigenvalue weighted by Crippen LogP contribution is 2.44. The topological polar surface area (TPSA) is 108 Å². The number of likely N-dealkylation sites (tertiary alicyclic amines) is 1. The summed E-state index contributed by atoms with van der Waals surface area (Å²) in [6.07, 6.45) is -0.398. The van der Waals surface area contributed by atoms with Gasteiger partial charge < -0.3 is 20.5 Å². The zero-order valence-electron chi connectivity index (χ0n) is 21.7. The summed E-state index contributed by atoms with van der Waals surface area (Å²) in [5.74, 6) is -1.56. The number of aliphatic carboxylic acids is 1. The summed E-state index contributed by atoms with van der Waals surface area (Å²) in [6.45, 7) is 3.15. The Hall–Kier alpha value is -4.17. The van der Waals surface area contributed by atoms with Gasteiger partial charge in [-0.2, -0.15) is 0 Å². The van der Waals surface area contributed by atoms with Crippen molar-refractivity contribution < 1.29 is 24.2 Å². The molecule has 5 rings (SSSR count). The van der Waals surface area contributed by atoms with Gasteiger partial charge in [0.1, 0.15) is 12.6 Å². The fraction of sp³-hybridized carbons (Fsp3) is 0.323. The van der Waals surface area contributed by atoms with Gasteiger partial charge in [0, 0.05) is 25.6 Å². The number of hydrogen-bond acceptors (Lipinski definition) is 5. The lowest BCUT2D eigenvalue weighted by molar-refractivity contribution is -0.139. The molecule has 2 atom stereocenters. The van der Waals surface area contributed by atoms with E-state index in [0.717, 1.165) is 48.3 Å². The van der Waals surface area contributed by atoms with Crippen molar-refractivity contribution in [1.29, 1.82) is 0 Å². The van der Waals surface area contributed by atoms with Gasteiger partial charge in [0.2, 0.25) is 5.91 Å². The van der Waals surface area contributed by atoms with Gasteiger partial charge in [-0.15, -0.1) is 0 Å². The van der Waals surface area contributed by atoms with E-state index in [1.165, 1.54) is 5.56 Å². The molecular formula is C31H33N3O5. The van der Waals surface area contributed by atoms with Crippen molar-refractivity contribution in [2.75, 3.05) is 26.2 Å². The first-order chi connectivity index (χ1) is 19.0. The van der Waals surface area contributed by atoms with Gasteiger partial charge in [0.15, 0.2) is 0 Å². The first-order valence-corrected chi connectivity index (χ1v) is 13.3. The van der Waals surface area contributed by atoms with Crippen LogP contribution >= 0.6 is 0 Å². The number of carbonyl (C=O) groups is 3. The summed E-state index contributed by atoms with van der Waals surface area (Å²) < 4.78 is 5.52. The van der Waals surface area contributed by atoms with E-state index in [4.69, 9.17) is 4.74 Å². The standard InChI is InChI=1S/C31H33N3O5/c35-29(36)16-28(30(37)32-17-22-14-15-34(19-22)18-21-8-2-1-3-9-21)33-31(38)39-20-27-25-12-6-4-10-23(25)24-11-5-7-13-26(24)27/h1-13,22,27-28H,14-20H2,(H,32,37)(H,33,38)(H,35,36). The maximum absolute atomic E-state index is 12.9. The third-order valence-corrected chi connectivity index (χ3v) is 7.51. The van der Waals surface area contributed by atoms with Crippen LogP contribution in [0.5, 0.6) is 0 Å². The Morgan fingerprint density at radius 1 is 0.923 bits per heavy atom. The molecule has 1 aliphatic carbocycles. The maximum Gasteiger partial charge on any atom is 0.407 e. The van der Waals surface area contributed by atoms with Gasteiger partial charge in [-0.25, -0.2) is 4.79 Å². The molecule has 1 saturated heterocycles. The van der Waals surface area contributed by atoms with Gasteiger partial charge >= 0.3 is 12.1 Å². The molecule has 3 N–H and O–H groups in total. The molecule has 2 unspecified atom stereocenters. The van der Waals surface area contributed by atoms with E-state index in [1.54, 1.807) is 0 Å². The monoisotopic (exact) mass is 527 g/mol. The Balaban J connectivity index is 1.13. The Bertz CT molecular complexity index is 1280. The third kappa shape index (κ3) is 6.46. The molecule has 39 heavy (non-hydrogen) atoms. The van der Waals surface area contributed by atoms with Crippen molar-refractivity contribution >= 4 is 18.0 Å². The fourth-order valence-corrected chi connectivity index (χ4v) is 5.60. The van der Waals surface area contributed by atoms with Crippen LogP contribution in [0.2, 0.25) is 0 Å². The number of ether oxygens (including phenoxy) is 1. The molecule has 0 saturated carbocycles. The number of alkyl carbamates (subject to hydrolysis) is 1. The Labute approximate surface area is 228 Å². The summed E-state index contributed by atoms with van der Waals surface area (Å²) >= 11 is 0. The van der Waals surface area contributed by atoms with E-state index in [1.807, 2.05) is 66.7 Å². The molecule has 8 nitrogen and oxygen atoms in total. The molecule has 0 radical (unpaired) electrons. The van der Waals surface area contributed by atoms with Crippen molar-refractivity contribution in [3.8, 4) is 11.1 Å². The number of amides is 2. The quantitative estimate of drug-likeness (QED) is 0.368. The predicted octanol–water partition coefficient (Wildman–Crippen LogP) is 4.01. The highest BCUT2D eigenvalue weighted by atomic mass is 16.5. The maximum atomic E-state index is 12.9. The van der Waals surface area contributed by atoms with Gasteiger partial charge in [0.05, 0.1) is 6.42 Å². The van der Waals surface area contributed by atoms with E-state index in [2.05, 4.69) is 27.7 Å². The Morgan fingerprint density at radius 3 is 2.23 bits per heavy atom. The Morgan fingerprint density at radius 2 is 1.56 bits per heavy atom. The molecular weight excluding hydrogens is 494 g/mol. The number of hydrogen-bond donors (Lipinski definition) is 3. The number of carbonyl (C=O) groups excluding carboxylic acids is 2. The van der Waals surface area contributed by atoms with Crippen molar-refractivity contribution in [2.24, 2.45) is 5.92 Å². The number of carboxylic acids is 1. The van der Waals surface area contributed by atoms with E-state index < -0.39 is 30.4 Å². The first kappa shape index (κ1) is 26.4. The second-order valence-corrected chi connectivity index (χ2v) is 10.2. The predicted molar refractivity (Wildman–Crippen MR) is 147 cm³/mol. The minimum atomic E-state index is -1.22. The van der Waals surface area contributed by atoms with Crippen molar-refractivity contribution in [2.45, 2.75) is 31.3 Å². The lowest BCUT2D eigenvalue weighted by atomic mass is 9.98. The summed E-state index contributed by atoms with van der Waals surface area (Å²) in [5.41, 5.74) is 5.61. The normalized spacial score (nSPS) is 17.2. The van der Waals surface area contributed by atoms with Gasteiger partial charge in [0.25, 0.3) is 0 Å². The van der Waals surface area contributed by atoms with Crippen LogP contribution < -0.4 is 10.6 Å². The number of benzene rings is 3. The molecule has 0 aromatic heterocycles. The molecule has 202 valence electrons. The average Bonchev–Trinajstić information content (AvgIpc) is 3.52. The van der Waals surface area contributed by atoms with E-state index in [0.29, 0.717) is 6.54 Å². The molecule has 0 spiro atoms. The largest absolute Gasteiger partial charge is 0.481 e. The zero-order chi connectivity index (χ0) is 27.2. The second-order valence-electron chi connectivity index (χ2n) is 10.2. The second kappa shape index (κ2) is 12.1. The minimum Gasteiger partial charge on any atom is -0.481 e. The third-order valence-electron chi connectivity index (χ3n) is 7.51. The van der Waals surface area contributed by atoms with Crippen LogP contribution in [0, 0.1) is 5.92 Å². The Kier molecular flexibility index (Phi) is 8.22. The molecule has 0 bridgehead atoms. The summed E-state index contributed by atoms with van der Waals surface area (Å²) in [5, 5.41) is 14.7. The van der Waals surface area contributed by atoms with Crippen LogP contribution in [0.25, 0.3) is 11.1 Å². The molecule has 3 aromatic rings. The SMILES string of the molecule is O=C(O)CC(NC(=O)OCC1c2ccccc2-c2ccccc21)C(=O)NCC1CCN(Cc2ccccc2)C1. The summed E-state index contributed by atoms with van der Waals surface area (Å²) in [6, 6.07) is 25.0. The summed E-state index contributed by atoms with van der Waals surface area (Å²) in [4.78, 5) is 39.3. The lowest BCUT2D eigenvalue weighted by Crippen LogP contribution is -2.49. The molecule has 3 aromatic carbocycles. The van der Waals surface area contributed by atoms with E-state index >= 15 is 0 Å². The van der Waals surface area contributed by atoms with Crippen molar-refractivity contribution in [3.05, 3.63) is 95.6 Å². The number of fused-ring (bicyclic) bond motifs is 3. The molecule has 8 heteroatoms. The molecule has 2 aliphatic rings. The first-order valence-electron chi connectivity index (χ1n) is 13.3. The molecule has 1 fully saturated rings. The molecule has 1 heterocycles. The van der Waals surface area contributed by atoms with Gasteiger partial charge in [-0.1, -0.05) is 78.9 Å². The van der Waals surface area contributed by atoms with Crippen LogP contribution in [-0.4, -0.2) is 60.3 Å². The number of nitrogens with zero attached hydrogens (tertiary/aromatic N) is 1. The highest BCUT2D eigenvalue weighted by Gasteiger charge is 2.31. The molecule has 2 amide bonds. The average molecular weight is 528 g/mol. The van der Waals surface area contributed by atoms with Crippen LogP contribution in [-0.2, 0) is 20.9 Å². The van der Waals surface area contributed by atoms with Crippen LogP contribution in [0.3, 0.4) is 0 Å². The van der Waals surface area contributed by atoms with E-state index in [-0.39, 0.29) is 18.4 Å². The zero-order valence-corrected chi connectivity index (χ0v) is 21.7. The summed E-state index contributed by atoms with van der Waals surface area (Å²) in [7, 11) is 0. The van der Waals surface area contributed by atoms with Gasteiger partial charge in [-0.05, 0) is 46.7 Å². The fourth-order valence-electron chi connectivity index (χ4n) is 5.60. The van der Waals surface area contributed by atoms with Crippen LogP contribution in [0.15, 0.2) is 78.9 Å². The highest BCUT2D eigenvalue weighted by molar-refractivity contribution is 5.89. The van der Waals surface area contributed by atoms with Crippen molar-refractivity contribution in [3.63, 3.8) is 0 Å². The van der Waals surface area contributed by atoms with Gasteiger partial charge in [-0.3, -0.25) is 14.5 Å². The minimum absolute atomic E-state index is 0.0839. The number of nitrogens with one attached hydrogen (secondary N) is 2. The number of carboxylic acid groups (broad SMARTS) is 1. The van der Waals surface area contributed by atoms with E-state index in [9.17, 15) is 19.5 Å². The van der Waals surface area contributed by atoms with Crippen LogP contribution in [0.4, 0.5) is 4.79 Å². The smallest absolute Gasteiger partial charge is 0.407 e. The number of rotatable bonds is 10. The molecule has 1 aliphatic heterocycles.